The summed E-state index contributed by atoms with van der Waals surface area (Å²) in [6.45, 7) is -0.565. The molecule has 0 radical (unpaired) electrons. The molecule has 0 aliphatic heterocycles. The second-order valence-corrected chi connectivity index (χ2v) is 6.43. The molecule has 4 nitrogen and oxygen atoms in total. The van der Waals surface area contributed by atoms with Gasteiger partial charge in [0.05, 0.1) is 5.56 Å². The van der Waals surface area contributed by atoms with Gasteiger partial charge < -0.3 is 10.1 Å². The van der Waals surface area contributed by atoms with Crippen molar-refractivity contribution in [2.75, 3.05) is 11.9 Å². The third-order valence-corrected chi connectivity index (χ3v) is 4.24. The highest BCUT2D eigenvalue weighted by molar-refractivity contribution is 5.96. The van der Waals surface area contributed by atoms with Crippen LogP contribution in [0.2, 0.25) is 0 Å². The molecule has 0 heterocycles. The lowest BCUT2D eigenvalue weighted by Gasteiger charge is -2.10. The van der Waals surface area contributed by atoms with Crippen molar-refractivity contribution in [3.05, 3.63) is 101 Å². The van der Waals surface area contributed by atoms with E-state index in [0.717, 1.165) is 29.7 Å². The van der Waals surface area contributed by atoms with Crippen molar-refractivity contribution in [2.24, 2.45) is 0 Å². The van der Waals surface area contributed by atoms with Crippen molar-refractivity contribution in [3.63, 3.8) is 0 Å². The van der Waals surface area contributed by atoms with Gasteiger partial charge in [0, 0.05) is 11.8 Å². The van der Waals surface area contributed by atoms with Gasteiger partial charge in [-0.15, -0.1) is 0 Å². The molecular formula is C23H19F2NO3. The van der Waals surface area contributed by atoms with Crippen LogP contribution in [0.5, 0.6) is 0 Å². The number of benzene rings is 3. The molecule has 1 amide bonds. The number of carbonyl (C=O) groups is 2. The summed E-state index contributed by atoms with van der Waals surface area (Å²) in [6.07, 6.45) is 1.40. The van der Waals surface area contributed by atoms with E-state index in [2.05, 4.69) is 5.32 Å². The summed E-state index contributed by atoms with van der Waals surface area (Å²) in [5.41, 5.74) is 2.30. The Morgan fingerprint density at radius 3 is 2.21 bits per heavy atom. The van der Waals surface area contributed by atoms with Crippen LogP contribution in [0.1, 0.15) is 21.5 Å². The lowest BCUT2D eigenvalue weighted by molar-refractivity contribution is -0.119. The van der Waals surface area contributed by atoms with Crippen LogP contribution < -0.4 is 5.32 Å². The van der Waals surface area contributed by atoms with Gasteiger partial charge in [-0.25, -0.2) is 13.6 Å². The summed E-state index contributed by atoms with van der Waals surface area (Å²) in [4.78, 5) is 24.4. The molecule has 0 fully saturated rings. The number of hydrogen-bond acceptors (Lipinski definition) is 3. The average molecular weight is 395 g/mol. The predicted octanol–water partition coefficient (Wildman–Crippen LogP) is 4.55. The van der Waals surface area contributed by atoms with E-state index in [1.165, 1.54) is 0 Å². The van der Waals surface area contributed by atoms with Gasteiger partial charge in [-0.05, 0) is 42.2 Å². The van der Waals surface area contributed by atoms with Gasteiger partial charge in [0.25, 0.3) is 5.91 Å². The summed E-state index contributed by atoms with van der Waals surface area (Å²) >= 11 is 0. The van der Waals surface area contributed by atoms with Crippen LogP contribution in [-0.2, 0) is 22.4 Å². The van der Waals surface area contributed by atoms with Crippen molar-refractivity contribution in [2.45, 2.75) is 12.8 Å². The average Bonchev–Trinajstić information content (AvgIpc) is 2.71. The van der Waals surface area contributed by atoms with Crippen LogP contribution >= 0.6 is 0 Å². The largest absolute Gasteiger partial charge is 0.452 e. The minimum atomic E-state index is -0.815. The Kier molecular flexibility index (Phi) is 6.68. The number of amides is 1. The van der Waals surface area contributed by atoms with Crippen molar-refractivity contribution in [1.29, 1.82) is 0 Å². The number of rotatable bonds is 7. The van der Waals surface area contributed by atoms with E-state index >= 15 is 0 Å². The minimum Gasteiger partial charge on any atom is -0.452 e. The molecule has 0 unspecified atom stereocenters. The third kappa shape index (κ3) is 5.97. The number of halogens is 2. The summed E-state index contributed by atoms with van der Waals surface area (Å²) in [7, 11) is 0. The molecule has 0 saturated heterocycles. The second-order valence-electron chi connectivity index (χ2n) is 6.43. The SMILES string of the molecule is O=C(COC(=O)c1ccccc1CCc1ccccc1)Nc1cc(F)cc(F)c1. The molecule has 0 bridgehead atoms. The number of esters is 1. The van der Waals surface area contributed by atoms with E-state index in [-0.39, 0.29) is 5.69 Å². The first-order chi connectivity index (χ1) is 14.0. The van der Waals surface area contributed by atoms with E-state index in [4.69, 9.17) is 4.74 Å². The first-order valence-corrected chi connectivity index (χ1v) is 9.06. The molecule has 6 heteroatoms. The Balaban J connectivity index is 1.58. The van der Waals surface area contributed by atoms with Crippen LogP contribution in [0.3, 0.4) is 0 Å². The molecule has 1 N–H and O–H groups in total. The highest BCUT2D eigenvalue weighted by Crippen LogP contribution is 2.15. The lowest BCUT2D eigenvalue weighted by Crippen LogP contribution is -2.21. The quantitative estimate of drug-likeness (QED) is 0.598. The fraction of sp³-hybridized carbons (Fsp3) is 0.130. The van der Waals surface area contributed by atoms with Crippen LogP contribution in [0, 0.1) is 11.6 Å². The highest BCUT2D eigenvalue weighted by Gasteiger charge is 2.14. The molecule has 3 rings (SSSR count). The molecular weight excluding hydrogens is 376 g/mol. The molecule has 0 aromatic heterocycles. The number of hydrogen-bond donors (Lipinski definition) is 1. The molecule has 29 heavy (non-hydrogen) atoms. The van der Waals surface area contributed by atoms with Crippen LogP contribution in [0.4, 0.5) is 14.5 Å². The monoisotopic (exact) mass is 395 g/mol. The third-order valence-electron chi connectivity index (χ3n) is 4.24. The molecule has 0 aliphatic carbocycles. The zero-order valence-corrected chi connectivity index (χ0v) is 15.5. The summed E-state index contributed by atoms with van der Waals surface area (Å²) < 4.78 is 31.4. The van der Waals surface area contributed by atoms with Crippen LogP contribution in [-0.4, -0.2) is 18.5 Å². The summed E-state index contributed by atoms with van der Waals surface area (Å²) in [6, 6.07) is 19.6. The van der Waals surface area contributed by atoms with Crippen molar-refractivity contribution < 1.29 is 23.1 Å². The van der Waals surface area contributed by atoms with E-state index in [1.54, 1.807) is 12.1 Å². The highest BCUT2D eigenvalue weighted by atomic mass is 19.1. The summed E-state index contributed by atoms with van der Waals surface area (Å²) in [5.74, 6) is -2.95. The van der Waals surface area contributed by atoms with E-state index in [0.29, 0.717) is 18.1 Å². The van der Waals surface area contributed by atoms with E-state index < -0.39 is 30.1 Å². The Morgan fingerprint density at radius 2 is 1.48 bits per heavy atom. The number of anilines is 1. The number of ether oxygens (including phenoxy) is 1. The normalized spacial score (nSPS) is 10.4. The zero-order valence-electron chi connectivity index (χ0n) is 15.5. The zero-order chi connectivity index (χ0) is 20.6. The van der Waals surface area contributed by atoms with Crippen molar-refractivity contribution >= 4 is 17.6 Å². The number of nitrogens with one attached hydrogen (secondary N) is 1. The number of aryl methyl sites for hydroxylation is 2. The second kappa shape index (κ2) is 9.59. The maximum Gasteiger partial charge on any atom is 0.338 e. The van der Waals surface area contributed by atoms with Crippen molar-refractivity contribution in [3.8, 4) is 0 Å². The Labute approximate surface area is 167 Å². The standard InChI is InChI=1S/C23H19F2NO3/c24-18-12-19(25)14-20(13-18)26-22(27)15-29-23(28)21-9-5-4-8-17(21)11-10-16-6-2-1-3-7-16/h1-9,12-14H,10-11,15H2,(H,26,27). The predicted molar refractivity (Wildman–Crippen MR) is 106 cm³/mol. The molecule has 0 spiro atoms. The first kappa shape index (κ1) is 20.2. The topological polar surface area (TPSA) is 55.4 Å². The van der Waals surface area contributed by atoms with Gasteiger partial charge in [-0.3, -0.25) is 4.79 Å². The molecule has 0 atom stereocenters. The molecule has 3 aromatic carbocycles. The number of carbonyl (C=O) groups excluding carboxylic acids is 2. The minimum absolute atomic E-state index is 0.0492. The van der Waals surface area contributed by atoms with Gasteiger partial charge in [0.2, 0.25) is 0 Å². The maximum atomic E-state index is 13.2. The molecule has 0 saturated carbocycles. The van der Waals surface area contributed by atoms with E-state index in [9.17, 15) is 18.4 Å². The Morgan fingerprint density at radius 1 is 0.828 bits per heavy atom. The van der Waals surface area contributed by atoms with Gasteiger partial charge in [-0.2, -0.15) is 0 Å². The fourth-order valence-corrected chi connectivity index (χ4v) is 2.89. The summed E-state index contributed by atoms with van der Waals surface area (Å²) in [5, 5.41) is 2.30. The van der Waals surface area contributed by atoms with Gasteiger partial charge >= 0.3 is 5.97 Å². The Bertz CT molecular complexity index is 986. The Hall–Kier alpha value is -3.54. The lowest BCUT2D eigenvalue weighted by atomic mass is 10.00. The van der Waals surface area contributed by atoms with Crippen LogP contribution in [0.15, 0.2) is 72.8 Å². The maximum absolute atomic E-state index is 13.2. The van der Waals surface area contributed by atoms with Crippen LogP contribution in [0.25, 0.3) is 0 Å². The van der Waals surface area contributed by atoms with E-state index in [1.807, 2.05) is 42.5 Å². The van der Waals surface area contributed by atoms with Gasteiger partial charge in [0.15, 0.2) is 6.61 Å². The van der Waals surface area contributed by atoms with Crippen molar-refractivity contribution in [1.82, 2.24) is 0 Å². The molecule has 0 aliphatic rings. The fourth-order valence-electron chi connectivity index (χ4n) is 2.89. The molecule has 148 valence electrons. The molecule has 3 aromatic rings. The van der Waals surface area contributed by atoms with Gasteiger partial charge in [0.1, 0.15) is 11.6 Å². The first-order valence-electron chi connectivity index (χ1n) is 9.06. The smallest absolute Gasteiger partial charge is 0.338 e. The van der Waals surface area contributed by atoms with Gasteiger partial charge in [-0.1, -0.05) is 48.5 Å².